The number of hydrogen-bond acceptors (Lipinski definition) is 4. The van der Waals surface area contributed by atoms with Crippen molar-refractivity contribution in [1.29, 1.82) is 0 Å². The van der Waals surface area contributed by atoms with E-state index in [0.29, 0.717) is 22.7 Å². The summed E-state index contributed by atoms with van der Waals surface area (Å²) in [6.45, 7) is 3.75. The second-order valence-electron chi connectivity index (χ2n) is 4.66. The number of nitrogens with zero attached hydrogens (tertiary/aromatic N) is 2. The van der Waals surface area contributed by atoms with E-state index in [1.165, 1.54) is 14.2 Å². The van der Waals surface area contributed by atoms with Gasteiger partial charge in [0.2, 0.25) is 0 Å². The lowest BCUT2D eigenvalue weighted by molar-refractivity contribution is 0.102. The fraction of sp³-hybridized carbons (Fsp3) is 0.333. The highest BCUT2D eigenvalue weighted by molar-refractivity contribution is 6.08. The summed E-state index contributed by atoms with van der Waals surface area (Å²) in [6.07, 6.45) is 0. The third kappa shape index (κ3) is 2.69. The monoisotopic (exact) mass is 289 g/mol. The third-order valence-electron chi connectivity index (χ3n) is 3.40. The molecule has 0 bridgehead atoms. The Morgan fingerprint density at radius 2 is 1.76 bits per heavy atom. The summed E-state index contributed by atoms with van der Waals surface area (Å²) in [7, 11) is 4.87. The van der Waals surface area contributed by atoms with Crippen LogP contribution in [0.4, 0.5) is 5.69 Å². The minimum Gasteiger partial charge on any atom is -0.496 e. The lowest BCUT2D eigenvalue weighted by Gasteiger charge is -2.13. The minimum atomic E-state index is -0.288. The van der Waals surface area contributed by atoms with Crippen molar-refractivity contribution in [2.24, 2.45) is 7.05 Å². The molecule has 0 radical (unpaired) electrons. The van der Waals surface area contributed by atoms with E-state index in [4.69, 9.17) is 9.47 Å². The molecule has 1 N–H and O–H groups in total. The Bertz CT molecular complexity index is 655. The molecule has 0 aliphatic heterocycles. The standard InChI is InChI=1S/C15H19N3O3/c1-9-14(10(2)18(3)17-9)16-15(19)13-11(20-4)7-6-8-12(13)21-5/h6-8H,1-5H3,(H,16,19). The molecular weight excluding hydrogens is 270 g/mol. The minimum absolute atomic E-state index is 0.288. The maximum Gasteiger partial charge on any atom is 0.263 e. The summed E-state index contributed by atoms with van der Waals surface area (Å²) in [6, 6.07) is 5.22. The highest BCUT2D eigenvalue weighted by atomic mass is 16.5. The average molecular weight is 289 g/mol. The molecule has 1 amide bonds. The van der Waals surface area contributed by atoms with E-state index < -0.39 is 0 Å². The Balaban J connectivity index is 2.41. The molecule has 0 aliphatic rings. The molecule has 6 heteroatoms. The molecule has 21 heavy (non-hydrogen) atoms. The largest absolute Gasteiger partial charge is 0.496 e. The molecule has 1 heterocycles. The number of rotatable bonds is 4. The average Bonchev–Trinajstić information content (AvgIpc) is 2.72. The van der Waals surface area contributed by atoms with Crippen molar-refractivity contribution < 1.29 is 14.3 Å². The Morgan fingerprint density at radius 3 is 2.19 bits per heavy atom. The molecule has 2 aromatic rings. The van der Waals surface area contributed by atoms with Gasteiger partial charge in [-0.05, 0) is 26.0 Å². The molecule has 0 unspecified atom stereocenters. The van der Waals surface area contributed by atoms with Crippen molar-refractivity contribution in [2.45, 2.75) is 13.8 Å². The first-order valence-corrected chi connectivity index (χ1v) is 6.52. The van der Waals surface area contributed by atoms with E-state index in [1.807, 2.05) is 20.9 Å². The van der Waals surface area contributed by atoms with E-state index in [1.54, 1.807) is 22.9 Å². The van der Waals surface area contributed by atoms with Crippen LogP contribution < -0.4 is 14.8 Å². The van der Waals surface area contributed by atoms with Crippen molar-refractivity contribution in [2.75, 3.05) is 19.5 Å². The highest BCUT2D eigenvalue weighted by Gasteiger charge is 2.20. The summed E-state index contributed by atoms with van der Waals surface area (Å²) in [5.41, 5.74) is 2.72. The molecule has 1 aromatic carbocycles. The molecule has 6 nitrogen and oxygen atoms in total. The van der Waals surface area contributed by atoms with Gasteiger partial charge in [-0.25, -0.2) is 0 Å². The van der Waals surface area contributed by atoms with Gasteiger partial charge in [0.1, 0.15) is 17.1 Å². The predicted octanol–water partition coefficient (Wildman–Crippen LogP) is 2.31. The van der Waals surface area contributed by atoms with Crippen molar-refractivity contribution >= 4 is 11.6 Å². The first-order valence-electron chi connectivity index (χ1n) is 6.52. The number of amides is 1. The molecule has 0 atom stereocenters. The smallest absolute Gasteiger partial charge is 0.263 e. The molecule has 0 spiro atoms. The van der Waals surface area contributed by atoms with Crippen molar-refractivity contribution in [3.05, 3.63) is 35.2 Å². The van der Waals surface area contributed by atoms with Crippen LogP contribution in [0.2, 0.25) is 0 Å². The summed E-state index contributed by atoms with van der Waals surface area (Å²) >= 11 is 0. The Labute approximate surface area is 123 Å². The van der Waals surface area contributed by atoms with Gasteiger partial charge in [-0.2, -0.15) is 5.10 Å². The number of ether oxygens (including phenoxy) is 2. The van der Waals surface area contributed by atoms with Gasteiger partial charge in [0.15, 0.2) is 0 Å². The van der Waals surface area contributed by atoms with Crippen LogP contribution in [0, 0.1) is 13.8 Å². The van der Waals surface area contributed by atoms with Crippen LogP contribution in [0.1, 0.15) is 21.7 Å². The number of carbonyl (C=O) groups excluding carboxylic acids is 1. The van der Waals surface area contributed by atoms with Crippen LogP contribution in [0.5, 0.6) is 11.5 Å². The number of aryl methyl sites for hydroxylation is 2. The number of benzene rings is 1. The topological polar surface area (TPSA) is 65.4 Å². The third-order valence-corrected chi connectivity index (χ3v) is 3.40. The number of methoxy groups -OCH3 is 2. The van der Waals surface area contributed by atoms with Crippen LogP contribution in [0.3, 0.4) is 0 Å². The summed E-state index contributed by atoms with van der Waals surface area (Å²) in [5.74, 6) is 0.639. The van der Waals surface area contributed by atoms with Crippen LogP contribution in [-0.4, -0.2) is 29.9 Å². The van der Waals surface area contributed by atoms with Gasteiger partial charge in [-0.3, -0.25) is 9.48 Å². The van der Waals surface area contributed by atoms with Gasteiger partial charge in [0.05, 0.1) is 31.3 Å². The lowest BCUT2D eigenvalue weighted by atomic mass is 10.1. The fourth-order valence-corrected chi connectivity index (χ4v) is 2.21. The lowest BCUT2D eigenvalue weighted by Crippen LogP contribution is -2.15. The number of nitrogens with one attached hydrogen (secondary N) is 1. The van der Waals surface area contributed by atoms with Gasteiger partial charge in [-0.1, -0.05) is 6.07 Å². The zero-order valence-corrected chi connectivity index (χ0v) is 12.9. The zero-order valence-electron chi connectivity index (χ0n) is 12.9. The summed E-state index contributed by atoms with van der Waals surface area (Å²) in [5, 5.41) is 7.16. The SMILES string of the molecule is COc1cccc(OC)c1C(=O)Nc1c(C)nn(C)c1C. The van der Waals surface area contributed by atoms with Crippen molar-refractivity contribution in [1.82, 2.24) is 9.78 Å². The highest BCUT2D eigenvalue weighted by Crippen LogP contribution is 2.30. The van der Waals surface area contributed by atoms with E-state index in [2.05, 4.69) is 10.4 Å². The predicted molar refractivity (Wildman–Crippen MR) is 80.2 cm³/mol. The summed E-state index contributed by atoms with van der Waals surface area (Å²) < 4.78 is 12.2. The first kappa shape index (κ1) is 14.9. The van der Waals surface area contributed by atoms with Crippen molar-refractivity contribution in [3.63, 3.8) is 0 Å². The maximum atomic E-state index is 12.6. The van der Waals surface area contributed by atoms with E-state index in [-0.39, 0.29) is 5.91 Å². The molecule has 1 aromatic heterocycles. The Hall–Kier alpha value is -2.50. The van der Waals surface area contributed by atoms with Gasteiger partial charge < -0.3 is 14.8 Å². The van der Waals surface area contributed by atoms with Crippen LogP contribution in [-0.2, 0) is 7.05 Å². The Morgan fingerprint density at radius 1 is 1.19 bits per heavy atom. The first-order chi connectivity index (χ1) is 9.99. The molecule has 0 saturated carbocycles. The summed E-state index contributed by atoms with van der Waals surface area (Å²) in [4.78, 5) is 12.6. The number of carbonyl (C=O) groups is 1. The van der Waals surface area contributed by atoms with Gasteiger partial charge in [-0.15, -0.1) is 0 Å². The van der Waals surface area contributed by atoms with E-state index in [0.717, 1.165) is 11.4 Å². The van der Waals surface area contributed by atoms with E-state index in [9.17, 15) is 4.79 Å². The molecule has 112 valence electrons. The van der Waals surface area contributed by atoms with Crippen LogP contribution in [0.25, 0.3) is 0 Å². The molecule has 0 fully saturated rings. The molecular formula is C15H19N3O3. The fourth-order valence-electron chi connectivity index (χ4n) is 2.21. The Kier molecular flexibility index (Phi) is 4.16. The molecule has 2 rings (SSSR count). The normalized spacial score (nSPS) is 10.3. The second kappa shape index (κ2) is 5.87. The number of aromatic nitrogens is 2. The zero-order chi connectivity index (χ0) is 15.6. The van der Waals surface area contributed by atoms with Crippen molar-refractivity contribution in [3.8, 4) is 11.5 Å². The number of anilines is 1. The number of hydrogen-bond donors (Lipinski definition) is 1. The maximum absolute atomic E-state index is 12.6. The van der Waals surface area contributed by atoms with Gasteiger partial charge >= 0.3 is 0 Å². The van der Waals surface area contributed by atoms with Crippen LogP contribution in [0.15, 0.2) is 18.2 Å². The quantitative estimate of drug-likeness (QED) is 0.938. The van der Waals surface area contributed by atoms with Gasteiger partial charge in [0, 0.05) is 7.05 Å². The van der Waals surface area contributed by atoms with Crippen LogP contribution >= 0.6 is 0 Å². The van der Waals surface area contributed by atoms with Gasteiger partial charge in [0.25, 0.3) is 5.91 Å². The molecule has 0 saturated heterocycles. The van der Waals surface area contributed by atoms with E-state index >= 15 is 0 Å². The molecule has 0 aliphatic carbocycles. The second-order valence-corrected chi connectivity index (χ2v) is 4.66.